The number of rotatable bonds is 18. The third-order valence-electron chi connectivity index (χ3n) is 11.9. The van der Waals surface area contributed by atoms with Crippen molar-refractivity contribution in [2.75, 3.05) is 26.7 Å². The molecule has 5 N–H and O–H groups in total. The van der Waals surface area contributed by atoms with Crippen LogP contribution >= 0.6 is 0 Å². The Morgan fingerprint density at radius 1 is 0.681 bits per heavy atom. The fourth-order valence-corrected chi connectivity index (χ4v) is 8.48. The van der Waals surface area contributed by atoms with Gasteiger partial charge in [0.1, 0.15) is 46.5 Å². The van der Waals surface area contributed by atoms with E-state index >= 15 is 0 Å². The van der Waals surface area contributed by atoms with Crippen molar-refractivity contribution in [2.24, 2.45) is 5.92 Å². The van der Waals surface area contributed by atoms with Crippen molar-refractivity contribution in [2.45, 2.75) is 181 Å². The number of hydrogen-bond donors (Lipinski definition) is 5. The molecule has 7 amide bonds. The quantitative estimate of drug-likeness (QED) is 0.0672. The molecule has 0 aromatic heterocycles. The van der Waals surface area contributed by atoms with Gasteiger partial charge in [-0.15, -0.1) is 0 Å². The molecule has 2 aromatic carbocycles. The van der Waals surface area contributed by atoms with Crippen LogP contribution in [-0.4, -0.2) is 131 Å². The number of nitrogens with one attached hydrogen (secondary N) is 5. The second-order valence-electron chi connectivity index (χ2n) is 22.0. The molecule has 19 nitrogen and oxygen atoms in total. The van der Waals surface area contributed by atoms with Gasteiger partial charge in [-0.1, -0.05) is 68.4 Å². The van der Waals surface area contributed by atoms with Crippen LogP contribution in [-0.2, 0) is 62.3 Å². The molecule has 0 unspecified atom stereocenters. The molecule has 4 atom stereocenters. The van der Waals surface area contributed by atoms with Crippen molar-refractivity contribution in [3.8, 4) is 0 Å². The van der Waals surface area contributed by atoms with Crippen molar-refractivity contribution in [3.63, 3.8) is 0 Å². The maximum Gasteiger partial charge on any atom is 0.411 e. The number of amides is 7. The summed E-state index contributed by atoms with van der Waals surface area (Å²) in [5, 5.41) is 14.1. The van der Waals surface area contributed by atoms with Gasteiger partial charge in [0, 0.05) is 32.5 Å². The minimum absolute atomic E-state index is 0.00537. The lowest BCUT2D eigenvalue weighted by Gasteiger charge is -2.41. The molecule has 0 spiro atoms. The van der Waals surface area contributed by atoms with Crippen LogP contribution in [0.1, 0.15) is 131 Å². The minimum atomic E-state index is -1.48. The first kappa shape index (κ1) is 58.2. The number of nitrogens with zero attached hydrogens (tertiary/aromatic N) is 2. The van der Waals surface area contributed by atoms with Gasteiger partial charge in [0.15, 0.2) is 0 Å². The average Bonchev–Trinajstić information content (AvgIpc) is 3.28. The van der Waals surface area contributed by atoms with E-state index < -0.39 is 94.4 Å². The van der Waals surface area contributed by atoms with Crippen molar-refractivity contribution in [1.82, 2.24) is 36.4 Å². The summed E-state index contributed by atoms with van der Waals surface area (Å²) in [5.41, 5.74) is -1.39. The van der Waals surface area contributed by atoms with Gasteiger partial charge in [0.25, 0.3) is 0 Å². The molecule has 398 valence electrons. The maximum absolute atomic E-state index is 14.6. The summed E-state index contributed by atoms with van der Waals surface area (Å²) >= 11 is 0. The van der Waals surface area contributed by atoms with Crippen molar-refractivity contribution < 1.29 is 57.3 Å². The number of alkyl carbamates (subject to hydrolysis) is 2. The van der Waals surface area contributed by atoms with Crippen molar-refractivity contribution >= 4 is 47.9 Å². The standard InChI is InChI=1S/C53H79N7O12/c1-34(2)30-39(56-43(62)40(31-35-20-14-13-15-21-35)57-44(63)41-32-36-22-16-17-23-37(36)33-60(41)49(68)72-52(9,10)11)42(61)55-38(24-18-19-27-54-47(66)70-50(3,4)5)45(64)59-28-25-53(26-29-59,46(65)69-12)58-48(67)71-51(6,7)8/h13-17,20-23,34,38-41H,18-19,24-33H2,1-12H3,(H,54,66)(H,55,61)(H,56,62)(H,57,63)(H,58,67)/t38-,39-,40-,41-/m1/s1. The lowest BCUT2D eigenvalue weighted by molar-refractivity contribution is -0.153. The van der Waals surface area contributed by atoms with Crippen LogP contribution < -0.4 is 26.6 Å². The first-order chi connectivity index (χ1) is 33.6. The number of fused-ring (bicyclic) bond motifs is 1. The van der Waals surface area contributed by atoms with E-state index in [4.69, 9.17) is 18.9 Å². The monoisotopic (exact) mass is 1010 g/mol. The number of methoxy groups -OCH3 is 1. The van der Waals surface area contributed by atoms with Gasteiger partial charge in [-0.25, -0.2) is 19.2 Å². The molecule has 4 rings (SSSR count). The molecule has 2 heterocycles. The first-order valence-corrected chi connectivity index (χ1v) is 25.0. The average molecular weight is 1010 g/mol. The summed E-state index contributed by atoms with van der Waals surface area (Å²) in [5.74, 6) is -3.14. The first-order valence-electron chi connectivity index (χ1n) is 25.0. The summed E-state index contributed by atoms with van der Waals surface area (Å²) in [4.78, 5) is 113. The van der Waals surface area contributed by atoms with E-state index in [0.717, 1.165) is 16.7 Å². The lowest BCUT2D eigenvalue weighted by atomic mass is 9.87. The second-order valence-corrected chi connectivity index (χ2v) is 22.0. The number of ether oxygens (including phenoxy) is 4. The maximum atomic E-state index is 14.6. The largest absolute Gasteiger partial charge is 0.467 e. The molecule has 2 aliphatic rings. The van der Waals surface area contributed by atoms with Crippen molar-refractivity contribution in [1.29, 1.82) is 0 Å². The molecule has 2 aliphatic heterocycles. The number of benzene rings is 2. The number of carbonyl (C=O) groups excluding carboxylic acids is 8. The molecule has 0 radical (unpaired) electrons. The van der Waals surface area contributed by atoms with Crippen LogP contribution in [0, 0.1) is 5.92 Å². The predicted octanol–water partition coefficient (Wildman–Crippen LogP) is 5.85. The Balaban J connectivity index is 1.59. The molecular weight excluding hydrogens is 927 g/mol. The third kappa shape index (κ3) is 18.3. The minimum Gasteiger partial charge on any atom is -0.467 e. The van der Waals surface area contributed by atoms with E-state index in [9.17, 15) is 38.4 Å². The summed E-state index contributed by atoms with van der Waals surface area (Å²) in [6, 6.07) is 12.1. The third-order valence-corrected chi connectivity index (χ3v) is 11.9. The highest BCUT2D eigenvalue weighted by atomic mass is 16.6. The fraction of sp³-hybridized carbons (Fsp3) is 0.623. The molecule has 19 heteroatoms. The van der Waals surface area contributed by atoms with Gasteiger partial charge in [0.05, 0.1) is 13.7 Å². The van der Waals surface area contributed by atoms with Crippen LogP contribution in [0.5, 0.6) is 0 Å². The summed E-state index contributed by atoms with van der Waals surface area (Å²) in [7, 11) is 1.21. The number of unbranched alkanes of at least 4 members (excludes halogenated alkanes) is 1. The SMILES string of the molecule is COC(=O)C1(NC(=O)OC(C)(C)C)CCN(C(=O)[C@@H](CCCCNC(=O)OC(C)(C)C)NC(=O)[C@@H](CC(C)C)NC(=O)[C@@H](Cc2ccccc2)NC(=O)[C@H]2Cc3ccccc3CN2C(=O)OC(C)(C)C)CC1. The van der Waals surface area contributed by atoms with E-state index in [1.807, 2.05) is 68.4 Å². The zero-order chi connectivity index (χ0) is 53.6. The van der Waals surface area contributed by atoms with Crippen LogP contribution in [0.4, 0.5) is 14.4 Å². The summed E-state index contributed by atoms with van der Waals surface area (Å²) in [6.45, 7) is 19.7. The Hall–Kier alpha value is -6.40. The number of esters is 1. The Morgan fingerprint density at radius 2 is 1.24 bits per heavy atom. The van der Waals surface area contributed by atoms with Gasteiger partial charge in [-0.2, -0.15) is 0 Å². The molecule has 0 saturated carbocycles. The summed E-state index contributed by atoms with van der Waals surface area (Å²) < 4.78 is 21.6. The second kappa shape index (κ2) is 25.3. The fourth-order valence-electron chi connectivity index (χ4n) is 8.48. The smallest absolute Gasteiger partial charge is 0.411 e. The van der Waals surface area contributed by atoms with Gasteiger partial charge < -0.3 is 50.4 Å². The van der Waals surface area contributed by atoms with Crippen molar-refractivity contribution in [3.05, 3.63) is 71.3 Å². The Kier molecular flexibility index (Phi) is 20.5. The van der Waals surface area contributed by atoms with E-state index in [2.05, 4.69) is 26.6 Å². The van der Waals surface area contributed by atoms with Gasteiger partial charge in [-0.05, 0) is 123 Å². The van der Waals surface area contributed by atoms with Crippen LogP contribution in [0.3, 0.4) is 0 Å². The van der Waals surface area contributed by atoms with Gasteiger partial charge in [-0.3, -0.25) is 24.1 Å². The number of piperidine rings is 1. The van der Waals surface area contributed by atoms with Crippen LogP contribution in [0.15, 0.2) is 54.6 Å². The molecule has 72 heavy (non-hydrogen) atoms. The topological polar surface area (TPSA) is 240 Å². The number of hydrogen-bond acceptors (Lipinski definition) is 12. The van der Waals surface area contributed by atoms with E-state index in [0.29, 0.717) is 12.8 Å². The molecule has 1 saturated heterocycles. The van der Waals surface area contributed by atoms with E-state index in [-0.39, 0.29) is 70.6 Å². The lowest BCUT2D eigenvalue weighted by Crippen LogP contribution is -2.63. The van der Waals surface area contributed by atoms with Gasteiger partial charge >= 0.3 is 24.2 Å². The number of carbonyl (C=O) groups is 8. The summed E-state index contributed by atoms with van der Waals surface area (Å²) in [6.07, 6.45) is -0.763. The molecule has 1 fully saturated rings. The molecule has 2 aromatic rings. The Morgan fingerprint density at radius 3 is 1.82 bits per heavy atom. The highest BCUT2D eigenvalue weighted by molar-refractivity contribution is 5.96. The van der Waals surface area contributed by atoms with E-state index in [1.165, 1.54) is 16.9 Å². The zero-order valence-electron chi connectivity index (χ0n) is 44.4. The highest BCUT2D eigenvalue weighted by Crippen LogP contribution is 2.28. The molecule has 0 bridgehead atoms. The zero-order valence-corrected chi connectivity index (χ0v) is 44.4. The van der Waals surface area contributed by atoms with Gasteiger partial charge in [0.2, 0.25) is 23.6 Å². The highest BCUT2D eigenvalue weighted by Gasteiger charge is 2.47. The Labute approximate surface area is 424 Å². The predicted molar refractivity (Wildman–Crippen MR) is 269 cm³/mol. The molecular formula is C53H79N7O12. The van der Waals surface area contributed by atoms with Crippen LogP contribution in [0.25, 0.3) is 0 Å². The van der Waals surface area contributed by atoms with Crippen LogP contribution in [0.2, 0.25) is 0 Å². The molecule has 0 aliphatic carbocycles. The normalized spacial score (nSPS) is 16.9. The van der Waals surface area contributed by atoms with E-state index in [1.54, 1.807) is 62.3 Å². The Bertz CT molecular complexity index is 2210. The number of likely N-dealkylation sites (tertiary alicyclic amines) is 1.